The van der Waals surface area contributed by atoms with Gasteiger partial charge in [-0.1, -0.05) is 23.7 Å². The summed E-state index contributed by atoms with van der Waals surface area (Å²) in [7, 11) is 1.54. The Morgan fingerprint density at radius 2 is 2.00 bits per heavy atom. The van der Waals surface area contributed by atoms with Crippen LogP contribution in [0.4, 0.5) is 11.4 Å². The van der Waals surface area contributed by atoms with E-state index in [9.17, 15) is 4.79 Å². The van der Waals surface area contributed by atoms with Crippen molar-refractivity contribution in [1.29, 1.82) is 0 Å². The average Bonchev–Trinajstić information content (AvgIpc) is 2.49. The third kappa shape index (κ3) is 4.03. The van der Waals surface area contributed by atoms with E-state index in [1.165, 1.54) is 7.11 Å². The number of anilines is 2. The highest BCUT2D eigenvalue weighted by molar-refractivity contribution is 6.30. The minimum absolute atomic E-state index is 0.178. The van der Waals surface area contributed by atoms with E-state index in [-0.39, 0.29) is 12.5 Å². The van der Waals surface area contributed by atoms with E-state index in [2.05, 4.69) is 5.32 Å². The Morgan fingerprint density at radius 1 is 1.24 bits per heavy atom. The number of benzene rings is 2. The lowest BCUT2D eigenvalue weighted by Gasteiger charge is -2.11. The number of nitrogens with one attached hydrogen (secondary N) is 1. The first kappa shape index (κ1) is 15.0. The molecule has 5 nitrogen and oxygen atoms in total. The van der Waals surface area contributed by atoms with Gasteiger partial charge in [0.15, 0.2) is 6.61 Å². The van der Waals surface area contributed by atoms with E-state index in [1.54, 1.807) is 36.4 Å². The number of carbonyl (C=O) groups is 1. The predicted molar refractivity (Wildman–Crippen MR) is 83.0 cm³/mol. The van der Waals surface area contributed by atoms with Crippen molar-refractivity contribution in [2.45, 2.75) is 0 Å². The lowest BCUT2D eigenvalue weighted by molar-refractivity contribution is -0.118. The number of carbonyl (C=O) groups excluding carboxylic acids is 1. The molecule has 6 heteroatoms. The standard InChI is InChI=1S/C15H15ClN2O3/c1-20-13-5-3-2-4-12(13)18-15(19)9-21-14-8-10(16)6-7-11(14)17/h2-8H,9,17H2,1H3,(H,18,19). The molecular formula is C15H15ClN2O3. The van der Waals surface area contributed by atoms with Crippen LogP contribution >= 0.6 is 11.6 Å². The molecule has 2 rings (SSSR count). The average molecular weight is 307 g/mol. The highest BCUT2D eigenvalue weighted by atomic mass is 35.5. The smallest absolute Gasteiger partial charge is 0.262 e. The highest BCUT2D eigenvalue weighted by Crippen LogP contribution is 2.26. The van der Waals surface area contributed by atoms with Crippen LogP contribution in [0, 0.1) is 0 Å². The van der Waals surface area contributed by atoms with E-state index in [4.69, 9.17) is 26.8 Å². The number of para-hydroxylation sites is 2. The van der Waals surface area contributed by atoms with Crippen molar-refractivity contribution in [3.05, 3.63) is 47.5 Å². The van der Waals surface area contributed by atoms with Crippen molar-refractivity contribution in [2.75, 3.05) is 24.8 Å². The molecule has 110 valence electrons. The lowest BCUT2D eigenvalue weighted by Crippen LogP contribution is -2.20. The number of halogens is 1. The molecule has 0 aromatic heterocycles. The second-order valence-corrected chi connectivity index (χ2v) is 4.66. The number of ether oxygens (including phenoxy) is 2. The molecule has 0 aliphatic rings. The van der Waals surface area contributed by atoms with Gasteiger partial charge in [0.05, 0.1) is 18.5 Å². The highest BCUT2D eigenvalue weighted by Gasteiger charge is 2.09. The van der Waals surface area contributed by atoms with Crippen molar-refractivity contribution in [2.24, 2.45) is 0 Å². The maximum atomic E-state index is 11.9. The summed E-state index contributed by atoms with van der Waals surface area (Å²) in [6.07, 6.45) is 0. The third-order valence-electron chi connectivity index (χ3n) is 2.72. The first-order valence-electron chi connectivity index (χ1n) is 6.21. The van der Waals surface area contributed by atoms with Crippen molar-refractivity contribution in [3.8, 4) is 11.5 Å². The van der Waals surface area contributed by atoms with Gasteiger partial charge in [-0.05, 0) is 24.3 Å². The zero-order valence-electron chi connectivity index (χ0n) is 11.4. The van der Waals surface area contributed by atoms with E-state index < -0.39 is 0 Å². The fourth-order valence-corrected chi connectivity index (χ4v) is 1.87. The quantitative estimate of drug-likeness (QED) is 0.833. The molecule has 0 radical (unpaired) electrons. The van der Waals surface area contributed by atoms with Crippen molar-refractivity contribution < 1.29 is 14.3 Å². The van der Waals surface area contributed by atoms with E-state index in [0.717, 1.165) is 0 Å². The zero-order chi connectivity index (χ0) is 15.2. The number of nitrogens with two attached hydrogens (primary N) is 1. The Kier molecular flexibility index (Phi) is 4.90. The van der Waals surface area contributed by atoms with Crippen LogP contribution in [0.1, 0.15) is 0 Å². The summed E-state index contributed by atoms with van der Waals surface area (Å²) in [5.74, 6) is 0.629. The Labute approximate surface area is 127 Å². The first-order valence-corrected chi connectivity index (χ1v) is 6.58. The molecule has 0 spiro atoms. The molecule has 0 unspecified atom stereocenters. The molecule has 0 atom stereocenters. The summed E-state index contributed by atoms with van der Waals surface area (Å²) in [4.78, 5) is 11.9. The molecule has 0 aliphatic heterocycles. The Morgan fingerprint density at radius 3 is 2.76 bits per heavy atom. The third-order valence-corrected chi connectivity index (χ3v) is 2.95. The van der Waals surface area contributed by atoms with Crippen LogP contribution in [0.25, 0.3) is 0 Å². The predicted octanol–water partition coefficient (Wildman–Crippen LogP) is 2.95. The van der Waals surface area contributed by atoms with Gasteiger partial charge in [0, 0.05) is 11.1 Å². The monoisotopic (exact) mass is 306 g/mol. The topological polar surface area (TPSA) is 73.6 Å². The molecule has 0 saturated carbocycles. The minimum Gasteiger partial charge on any atom is -0.495 e. The number of methoxy groups -OCH3 is 1. The summed E-state index contributed by atoms with van der Waals surface area (Å²) in [6.45, 7) is -0.178. The van der Waals surface area contributed by atoms with E-state index >= 15 is 0 Å². The van der Waals surface area contributed by atoms with Gasteiger partial charge in [-0.25, -0.2) is 0 Å². The largest absolute Gasteiger partial charge is 0.495 e. The number of rotatable bonds is 5. The molecule has 0 saturated heterocycles. The molecular weight excluding hydrogens is 292 g/mol. The van der Waals surface area contributed by atoms with Gasteiger partial charge in [-0.15, -0.1) is 0 Å². The van der Waals surface area contributed by atoms with Crippen molar-refractivity contribution in [3.63, 3.8) is 0 Å². The molecule has 1 amide bonds. The van der Waals surface area contributed by atoms with Crippen LogP contribution in [-0.2, 0) is 4.79 Å². The van der Waals surface area contributed by atoms with Gasteiger partial charge in [0.1, 0.15) is 11.5 Å². The van der Waals surface area contributed by atoms with Crippen LogP contribution in [0.5, 0.6) is 11.5 Å². The van der Waals surface area contributed by atoms with Gasteiger partial charge in [0.25, 0.3) is 5.91 Å². The number of amides is 1. The van der Waals surface area contributed by atoms with Crippen molar-refractivity contribution >= 4 is 28.9 Å². The fraction of sp³-hybridized carbons (Fsp3) is 0.133. The summed E-state index contributed by atoms with van der Waals surface area (Å²) in [5.41, 5.74) is 6.74. The lowest BCUT2D eigenvalue weighted by atomic mass is 10.3. The number of hydrogen-bond acceptors (Lipinski definition) is 4. The summed E-state index contributed by atoms with van der Waals surface area (Å²) < 4.78 is 10.5. The molecule has 2 aromatic carbocycles. The van der Waals surface area contributed by atoms with Gasteiger partial charge < -0.3 is 20.5 Å². The van der Waals surface area contributed by atoms with Gasteiger partial charge in [0.2, 0.25) is 0 Å². The van der Waals surface area contributed by atoms with Gasteiger partial charge in [-0.2, -0.15) is 0 Å². The fourth-order valence-electron chi connectivity index (χ4n) is 1.71. The minimum atomic E-state index is -0.320. The summed E-state index contributed by atoms with van der Waals surface area (Å²) in [6, 6.07) is 11.9. The molecule has 0 bridgehead atoms. The Balaban J connectivity index is 1.97. The van der Waals surface area contributed by atoms with E-state index in [0.29, 0.717) is 27.9 Å². The number of nitrogen functional groups attached to an aromatic ring is 1. The van der Waals surface area contributed by atoms with E-state index in [1.807, 2.05) is 6.07 Å². The van der Waals surface area contributed by atoms with Crippen LogP contribution < -0.4 is 20.5 Å². The van der Waals surface area contributed by atoms with Crippen LogP contribution in [0.3, 0.4) is 0 Å². The zero-order valence-corrected chi connectivity index (χ0v) is 12.2. The maximum Gasteiger partial charge on any atom is 0.262 e. The van der Waals surface area contributed by atoms with Gasteiger partial charge in [-0.3, -0.25) is 4.79 Å². The molecule has 0 heterocycles. The molecule has 3 N–H and O–H groups in total. The summed E-state index contributed by atoms with van der Waals surface area (Å²) >= 11 is 5.85. The van der Waals surface area contributed by atoms with Crippen molar-refractivity contribution in [1.82, 2.24) is 0 Å². The normalized spacial score (nSPS) is 10.0. The Hall–Kier alpha value is -2.40. The maximum absolute atomic E-state index is 11.9. The Bertz CT molecular complexity index is 647. The SMILES string of the molecule is COc1ccccc1NC(=O)COc1cc(Cl)ccc1N. The summed E-state index contributed by atoms with van der Waals surface area (Å²) in [5, 5.41) is 3.19. The molecule has 21 heavy (non-hydrogen) atoms. The second-order valence-electron chi connectivity index (χ2n) is 4.22. The van der Waals surface area contributed by atoms with Crippen LogP contribution in [0.15, 0.2) is 42.5 Å². The second kappa shape index (κ2) is 6.85. The van der Waals surface area contributed by atoms with Crippen LogP contribution in [0.2, 0.25) is 5.02 Å². The molecule has 2 aromatic rings. The number of hydrogen-bond donors (Lipinski definition) is 2. The molecule has 0 fully saturated rings. The first-order chi connectivity index (χ1) is 10.1. The van der Waals surface area contributed by atoms with Crippen LogP contribution in [-0.4, -0.2) is 19.6 Å². The van der Waals surface area contributed by atoms with Gasteiger partial charge >= 0.3 is 0 Å². The molecule has 0 aliphatic carbocycles.